The maximum Gasteiger partial charge on any atom is 0.307 e. The summed E-state index contributed by atoms with van der Waals surface area (Å²) in [6, 6.07) is 0. The highest BCUT2D eigenvalue weighted by molar-refractivity contribution is 5.69. The van der Waals surface area contributed by atoms with E-state index in [2.05, 4.69) is 13.8 Å². The lowest BCUT2D eigenvalue weighted by Crippen LogP contribution is -2.08. The molecular formula is C36H72O5. The first-order valence-corrected chi connectivity index (χ1v) is 18.2. The average molecular weight is 585 g/mol. The topological polar surface area (TPSA) is 54.0 Å². The molecule has 0 spiro atoms. The Bertz CT molecular complexity index is 485. The number of esters is 1. The summed E-state index contributed by atoms with van der Waals surface area (Å²) in [5.41, 5.74) is 0. The van der Waals surface area contributed by atoms with Crippen molar-refractivity contribution >= 4 is 5.97 Å². The van der Waals surface area contributed by atoms with Crippen LogP contribution in [0, 0.1) is 0 Å². The molecule has 246 valence electrons. The van der Waals surface area contributed by atoms with Crippen LogP contribution in [0.1, 0.15) is 194 Å². The van der Waals surface area contributed by atoms with Crippen molar-refractivity contribution < 1.29 is 23.7 Å². The third-order valence-corrected chi connectivity index (χ3v) is 7.92. The maximum absolute atomic E-state index is 11.7. The average Bonchev–Trinajstić information content (AvgIpc) is 2.98. The zero-order chi connectivity index (χ0) is 29.7. The molecule has 0 rings (SSSR count). The van der Waals surface area contributed by atoms with Crippen LogP contribution in [-0.2, 0) is 23.7 Å². The van der Waals surface area contributed by atoms with Gasteiger partial charge >= 0.3 is 5.97 Å². The zero-order valence-electron chi connectivity index (χ0n) is 27.9. The lowest BCUT2D eigenvalue weighted by atomic mass is 10.1. The van der Waals surface area contributed by atoms with Gasteiger partial charge in [0, 0.05) is 19.6 Å². The summed E-state index contributed by atoms with van der Waals surface area (Å²) in [6.45, 7) is 7.46. The molecule has 0 bridgehead atoms. The fourth-order valence-electron chi connectivity index (χ4n) is 5.16. The first kappa shape index (κ1) is 40.4. The number of rotatable bonds is 36. The molecule has 0 aliphatic heterocycles. The van der Waals surface area contributed by atoms with Gasteiger partial charge in [0.1, 0.15) is 6.79 Å². The predicted molar refractivity (Wildman–Crippen MR) is 174 cm³/mol. The van der Waals surface area contributed by atoms with Crippen molar-refractivity contribution in [1.29, 1.82) is 0 Å². The second-order valence-electron chi connectivity index (χ2n) is 12.1. The summed E-state index contributed by atoms with van der Waals surface area (Å²) in [4.78, 5) is 11.7. The van der Waals surface area contributed by atoms with E-state index in [1.54, 1.807) is 0 Å². The Kier molecular flexibility index (Phi) is 36.8. The third-order valence-electron chi connectivity index (χ3n) is 7.92. The van der Waals surface area contributed by atoms with E-state index in [1.165, 1.54) is 148 Å². The maximum atomic E-state index is 11.7. The minimum Gasteiger partial charge on any atom is -0.438 e. The second kappa shape index (κ2) is 37.4. The van der Waals surface area contributed by atoms with Gasteiger partial charge in [-0.05, 0) is 25.7 Å². The third kappa shape index (κ3) is 37.3. The molecular weight excluding hydrogens is 512 g/mol. The van der Waals surface area contributed by atoms with Crippen molar-refractivity contribution in [2.45, 2.75) is 194 Å². The van der Waals surface area contributed by atoms with Crippen LogP contribution in [0.2, 0.25) is 0 Å². The summed E-state index contributed by atoms with van der Waals surface area (Å²) in [5.74, 6) is -0.116. The fourth-order valence-corrected chi connectivity index (χ4v) is 5.16. The van der Waals surface area contributed by atoms with Crippen LogP contribution < -0.4 is 0 Å². The molecule has 0 saturated carbocycles. The molecule has 0 aromatic rings. The lowest BCUT2D eigenvalue weighted by molar-refractivity contribution is -0.156. The van der Waals surface area contributed by atoms with Crippen LogP contribution in [0.25, 0.3) is 0 Å². The van der Waals surface area contributed by atoms with Gasteiger partial charge < -0.3 is 18.9 Å². The van der Waals surface area contributed by atoms with Crippen molar-refractivity contribution in [1.82, 2.24) is 0 Å². The van der Waals surface area contributed by atoms with Crippen LogP contribution >= 0.6 is 0 Å². The van der Waals surface area contributed by atoms with Crippen LogP contribution in [0.5, 0.6) is 0 Å². The molecule has 0 unspecified atom stereocenters. The monoisotopic (exact) mass is 585 g/mol. The van der Waals surface area contributed by atoms with E-state index >= 15 is 0 Å². The van der Waals surface area contributed by atoms with E-state index < -0.39 is 0 Å². The Hall–Kier alpha value is -0.650. The van der Waals surface area contributed by atoms with Gasteiger partial charge in [0.15, 0.2) is 6.79 Å². The summed E-state index contributed by atoms with van der Waals surface area (Å²) in [5, 5.41) is 0. The molecule has 0 aromatic heterocycles. The molecule has 0 fully saturated rings. The summed E-state index contributed by atoms with van der Waals surface area (Å²) >= 11 is 0. The van der Waals surface area contributed by atoms with E-state index in [4.69, 9.17) is 18.9 Å². The Morgan fingerprint density at radius 2 is 0.659 bits per heavy atom. The van der Waals surface area contributed by atoms with Crippen LogP contribution in [0.4, 0.5) is 0 Å². The number of carbonyl (C=O) groups is 1. The van der Waals surface area contributed by atoms with E-state index in [0.29, 0.717) is 19.8 Å². The fraction of sp³-hybridized carbons (Fsp3) is 0.972. The van der Waals surface area contributed by atoms with Crippen molar-refractivity contribution in [2.75, 3.05) is 33.4 Å². The van der Waals surface area contributed by atoms with Gasteiger partial charge in [0.05, 0.1) is 6.61 Å². The molecule has 0 saturated heterocycles. The van der Waals surface area contributed by atoms with Crippen molar-refractivity contribution in [2.24, 2.45) is 0 Å². The standard InChI is InChI=1S/C36H72O5/c1-3-5-7-9-11-12-15-19-23-27-31-38-34-39-32-28-24-20-16-13-14-17-21-25-29-33-40-35-41-36(37)30-26-22-18-10-8-6-4-2/h3-35H2,1-2H3. The highest BCUT2D eigenvalue weighted by atomic mass is 16.7. The van der Waals surface area contributed by atoms with Gasteiger partial charge in [-0.15, -0.1) is 0 Å². The molecule has 0 heterocycles. The van der Waals surface area contributed by atoms with Crippen molar-refractivity contribution in [3.05, 3.63) is 0 Å². The number of unbranched alkanes of at least 4 members (excludes halogenated alkanes) is 24. The molecule has 0 aliphatic rings. The lowest BCUT2D eigenvalue weighted by Gasteiger charge is -2.07. The summed E-state index contributed by atoms with van der Waals surface area (Å²) < 4.78 is 21.9. The van der Waals surface area contributed by atoms with E-state index in [9.17, 15) is 4.79 Å². The molecule has 41 heavy (non-hydrogen) atoms. The Labute approximate surface area is 256 Å². The van der Waals surface area contributed by atoms with Crippen molar-refractivity contribution in [3.8, 4) is 0 Å². The summed E-state index contributed by atoms with van der Waals surface area (Å²) in [7, 11) is 0. The molecule has 0 aromatic carbocycles. The van der Waals surface area contributed by atoms with Crippen LogP contribution in [0.3, 0.4) is 0 Å². The quantitative estimate of drug-likeness (QED) is 0.0416. The number of carbonyl (C=O) groups excluding carboxylic acids is 1. The predicted octanol–water partition coefficient (Wildman–Crippen LogP) is 11.5. The molecule has 5 nitrogen and oxygen atoms in total. The first-order valence-electron chi connectivity index (χ1n) is 18.2. The normalized spacial score (nSPS) is 11.4. The highest BCUT2D eigenvalue weighted by Gasteiger charge is 2.02. The van der Waals surface area contributed by atoms with Gasteiger partial charge in [-0.25, -0.2) is 0 Å². The largest absolute Gasteiger partial charge is 0.438 e. The molecule has 0 amide bonds. The van der Waals surface area contributed by atoms with Gasteiger partial charge in [0.25, 0.3) is 0 Å². The van der Waals surface area contributed by atoms with E-state index in [0.717, 1.165) is 38.9 Å². The first-order chi connectivity index (χ1) is 20.3. The van der Waals surface area contributed by atoms with Crippen LogP contribution in [0.15, 0.2) is 0 Å². The second-order valence-corrected chi connectivity index (χ2v) is 12.1. The molecule has 0 radical (unpaired) electrons. The minimum atomic E-state index is -0.116. The minimum absolute atomic E-state index is 0.116. The highest BCUT2D eigenvalue weighted by Crippen LogP contribution is 2.12. The molecule has 5 heteroatoms. The van der Waals surface area contributed by atoms with Crippen molar-refractivity contribution in [3.63, 3.8) is 0 Å². The van der Waals surface area contributed by atoms with Gasteiger partial charge in [-0.3, -0.25) is 4.79 Å². The van der Waals surface area contributed by atoms with E-state index in [-0.39, 0.29) is 12.8 Å². The molecule has 0 atom stereocenters. The number of hydrogen-bond acceptors (Lipinski definition) is 5. The Balaban J connectivity index is 3.09. The van der Waals surface area contributed by atoms with Gasteiger partial charge in [-0.1, -0.05) is 162 Å². The molecule has 0 aliphatic carbocycles. The SMILES string of the molecule is CCCCCCCCCCCCOCOCCCCCCCCCCCCOCOC(=O)CCCCCCCCC. The van der Waals surface area contributed by atoms with Gasteiger partial charge in [-0.2, -0.15) is 0 Å². The molecule has 0 N–H and O–H groups in total. The summed E-state index contributed by atoms with van der Waals surface area (Å²) in [6.07, 6.45) is 35.2. The number of hydrogen-bond donors (Lipinski definition) is 0. The number of ether oxygens (including phenoxy) is 4. The zero-order valence-corrected chi connectivity index (χ0v) is 27.9. The van der Waals surface area contributed by atoms with Crippen LogP contribution in [-0.4, -0.2) is 39.4 Å². The Morgan fingerprint density at radius 3 is 1.02 bits per heavy atom. The van der Waals surface area contributed by atoms with Gasteiger partial charge in [0.2, 0.25) is 0 Å². The smallest absolute Gasteiger partial charge is 0.307 e. The Morgan fingerprint density at radius 1 is 0.366 bits per heavy atom. The van der Waals surface area contributed by atoms with E-state index in [1.807, 2.05) is 0 Å².